The maximum absolute atomic E-state index is 4.31. The first-order chi connectivity index (χ1) is 9.34. The molecule has 1 heterocycles. The fraction of sp³-hybridized carbons (Fsp3) is 0.706. The topological polar surface area (TPSA) is 28.2 Å². The first kappa shape index (κ1) is 13.7. The first-order valence-electron chi connectivity index (χ1n) is 7.72. The Bertz CT molecular complexity index is 504. The van der Waals surface area contributed by atoms with Crippen molar-refractivity contribution in [2.75, 3.05) is 24.3 Å². The second kappa shape index (κ2) is 4.37. The van der Waals surface area contributed by atoms with Crippen LogP contribution in [-0.4, -0.2) is 25.1 Å². The van der Waals surface area contributed by atoms with E-state index in [1.54, 1.807) is 0 Å². The Labute approximate surface area is 122 Å². The quantitative estimate of drug-likeness (QED) is 0.908. The van der Waals surface area contributed by atoms with Crippen LogP contribution in [0.25, 0.3) is 0 Å². The van der Waals surface area contributed by atoms with Crippen LogP contribution in [0.15, 0.2) is 18.5 Å². The molecule has 3 heteroatoms. The number of hydrogen-bond acceptors (Lipinski definition) is 3. The van der Waals surface area contributed by atoms with Gasteiger partial charge in [0.1, 0.15) is 0 Å². The van der Waals surface area contributed by atoms with Crippen molar-refractivity contribution >= 4 is 11.4 Å². The third-order valence-corrected chi connectivity index (χ3v) is 5.85. The molecule has 2 aliphatic carbocycles. The maximum atomic E-state index is 4.31. The molecule has 0 saturated heterocycles. The number of anilines is 2. The minimum atomic E-state index is 0.367. The molecule has 2 saturated carbocycles. The van der Waals surface area contributed by atoms with Gasteiger partial charge in [-0.05, 0) is 42.1 Å². The number of pyridine rings is 1. The molecule has 110 valence electrons. The number of nitrogens with one attached hydrogen (secondary N) is 1. The van der Waals surface area contributed by atoms with E-state index in [4.69, 9.17) is 0 Å². The molecule has 3 nitrogen and oxygen atoms in total. The number of hydrogen-bond donors (Lipinski definition) is 1. The number of rotatable bonds is 3. The minimum absolute atomic E-state index is 0.367. The molecule has 0 aliphatic heterocycles. The average molecular weight is 273 g/mol. The third-order valence-electron chi connectivity index (χ3n) is 5.85. The second-order valence-corrected chi connectivity index (χ2v) is 7.78. The molecular formula is C17H27N3. The van der Waals surface area contributed by atoms with E-state index < -0.39 is 0 Å². The number of aromatic nitrogens is 1. The molecule has 20 heavy (non-hydrogen) atoms. The average Bonchev–Trinajstić information content (AvgIpc) is 2.86. The minimum Gasteiger partial charge on any atom is -0.378 e. The fourth-order valence-electron chi connectivity index (χ4n) is 4.71. The van der Waals surface area contributed by atoms with Gasteiger partial charge in [-0.2, -0.15) is 0 Å². The van der Waals surface area contributed by atoms with Crippen molar-refractivity contribution in [3.8, 4) is 0 Å². The molecule has 2 aliphatic rings. The van der Waals surface area contributed by atoms with Gasteiger partial charge in [-0.15, -0.1) is 0 Å². The summed E-state index contributed by atoms with van der Waals surface area (Å²) in [6.45, 7) is 7.34. The molecule has 0 aromatic carbocycles. The SMILES string of the molecule is CN(C)c1ccncc1NC1C2(C)CCC(C2)C1(C)C. The van der Waals surface area contributed by atoms with Gasteiger partial charge < -0.3 is 10.2 Å². The lowest BCUT2D eigenvalue weighted by molar-refractivity contribution is 0.155. The summed E-state index contributed by atoms with van der Waals surface area (Å²) in [5.74, 6) is 0.865. The van der Waals surface area contributed by atoms with E-state index in [1.807, 2.05) is 12.4 Å². The van der Waals surface area contributed by atoms with Gasteiger partial charge in [0.25, 0.3) is 0 Å². The van der Waals surface area contributed by atoms with Crippen LogP contribution < -0.4 is 10.2 Å². The molecular weight excluding hydrogens is 246 g/mol. The van der Waals surface area contributed by atoms with E-state index >= 15 is 0 Å². The van der Waals surface area contributed by atoms with E-state index in [0.717, 1.165) is 5.92 Å². The van der Waals surface area contributed by atoms with E-state index in [0.29, 0.717) is 16.9 Å². The molecule has 3 unspecified atom stereocenters. The van der Waals surface area contributed by atoms with Crippen LogP contribution in [0.2, 0.25) is 0 Å². The Morgan fingerprint density at radius 3 is 2.65 bits per heavy atom. The third kappa shape index (κ3) is 1.90. The van der Waals surface area contributed by atoms with E-state index in [-0.39, 0.29) is 0 Å². The lowest BCUT2D eigenvalue weighted by Crippen LogP contribution is -2.46. The summed E-state index contributed by atoms with van der Waals surface area (Å²) in [5.41, 5.74) is 3.20. The highest BCUT2D eigenvalue weighted by molar-refractivity contribution is 5.68. The summed E-state index contributed by atoms with van der Waals surface area (Å²) in [6.07, 6.45) is 7.97. The summed E-state index contributed by atoms with van der Waals surface area (Å²) >= 11 is 0. The van der Waals surface area contributed by atoms with Gasteiger partial charge in [-0.3, -0.25) is 4.98 Å². The summed E-state index contributed by atoms with van der Waals surface area (Å²) in [4.78, 5) is 6.47. The summed E-state index contributed by atoms with van der Waals surface area (Å²) in [6, 6.07) is 2.63. The smallest absolute Gasteiger partial charge is 0.0766 e. The largest absolute Gasteiger partial charge is 0.378 e. The number of fused-ring (bicyclic) bond motifs is 2. The Hall–Kier alpha value is -1.25. The van der Waals surface area contributed by atoms with Crippen molar-refractivity contribution in [3.63, 3.8) is 0 Å². The Balaban J connectivity index is 1.92. The Morgan fingerprint density at radius 1 is 1.30 bits per heavy atom. The van der Waals surface area contributed by atoms with Gasteiger partial charge in [-0.25, -0.2) is 0 Å². The van der Waals surface area contributed by atoms with Gasteiger partial charge in [0, 0.05) is 26.3 Å². The van der Waals surface area contributed by atoms with Gasteiger partial charge in [-0.1, -0.05) is 20.8 Å². The van der Waals surface area contributed by atoms with Crippen molar-refractivity contribution in [1.82, 2.24) is 4.98 Å². The van der Waals surface area contributed by atoms with Gasteiger partial charge in [0.05, 0.1) is 17.6 Å². The Morgan fingerprint density at radius 2 is 2.05 bits per heavy atom. The van der Waals surface area contributed by atoms with Gasteiger partial charge in [0.15, 0.2) is 0 Å². The summed E-state index contributed by atoms with van der Waals surface area (Å²) in [5, 5.41) is 3.85. The molecule has 3 atom stereocenters. The maximum Gasteiger partial charge on any atom is 0.0766 e. The highest BCUT2D eigenvalue weighted by atomic mass is 15.1. The highest BCUT2D eigenvalue weighted by Crippen LogP contribution is 2.63. The van der Waals surface area contributed by atoms with Crippen LogP contribution in [0.5, 0.6) is 0 Å². The molecule has 1 N–H and O–H groups in total. The van der Waals surface area contributed by atoms with Crippen molar-refractivity contribution in [1.29, 1.82) is 0 Å². The van der Waals surface area contributed by atoms with Crippen LogP contribution in [0.3, 0.4) is 0 Å². The van der Waals surface area contributed by atoms with Crippen molar-refractivity contribution in [2.24, 2.45) is 16.7 Å². The summed E-state index contributed by atoms with van der Waals surface area (Å²) in [7, 11) is 4.18. The first-order valence-corrected chi connectivity index (χ1v) is 7.72. The van der Waals surface area contributed by atoms with Crippen molar-refractivity contribution < 1.29 is 0 Å². The zero-order valence-electron chi connectivity index (χ0n) is 13.4. The van der Waals surface area contributed by atoms with Crippen molar-refractivity contribution in [2.45, 2.75) is 46.1 Å². The monoisotopic (exact) mass is 273 g/mol. The molecule has 0 amide bonds. The van der Waals surface area contributed by atoms with Crippen LogP contribution in [-0.2, 0) is 0 Å². The van der Waals surface area contributed by atoms with E-state index in [2.05, 4.69) is 56.1 Å². The van der Waals surface area contributed by atoms with Gasteiger partial charge in [0.2, 0.25) is 0 Å². The standard InChI is InChI=1S/C17H27N3/c1-16(2)12-6-8-17(3,10-12)15(16)19-13-11-18-9-7-14(13)20(4)5/h7,9,11-12,15,19H,6,8,10H2,1-5H3. The second-order valence-electron chi connectivity index (χ2n) is 7.78. The molecule has 3 rings (SSSR count). The molecule has 0 radical (unpaired) electrons. The Kier molecular flexibility index (Phi) is 3.00. The lowest BCUT2D eigenvalue weighted by atomic mass is 9.68. The van der Waals surface area contributed by atoms with Crippen LogP contribution >= 0.6 is 0 Å². The molecule has 1 aromatic rings. The van der Waals surface area contributed by atoms with Crippen LogP contribution in [0.4, 0.5) is 11.4 Å². The van der Waals surface area contributed by atoms with Gasteiger partial charge >= 0.3 is 0 Å². The van der Waals surface area contributed by atoms with Crippen LogP contribution in [0, 0.1) is 16.7 Å². The molecule has 0 spiro atoms. The predicted octanol–water partition coefficient (Wildman–Crippen LogP) is 3.77. The lowest BCUT2D eigenvalue weighted by Gasteiger charge is -2.44. The molecule has 2 fully saturated rings. The highest BCUT2D eigenvalue weighted by Gasteiger charge is 2.59. The number of nitrogens with zero attached hydrogens (tertiary/aromatic N) is 2. The molecule has 1 aromatic heterocycles. The van der Waals surface area contributed by atoms with E-state index in [9.17, 15) is 0 Å². The fourth-order valence-corrected chi connectivity index (χ4v) is 4.71. The predicted molar refractivity (Wildman–Crippen MR) is 85.2 cm³/mol. The zero-order chi connectivity index (χ0) is 14.5. The summed E-state index contributed by atoms with van der Waals surface area (Å²) < 4.78 is 0. The van der Waals surface area contributed by atoms with Crippen LogP contribution in [0.1, 0.15) is 40.0 Å². The normalized spacial score (nSPS) is 34.2. The molecule has 2 bridgehead atoms. The van der Waals surface area contributed by atoms with Crippen molar-refractivity contribution in [3.05, 3.63) is 18.5 Å². The zero-order valence-corrected chi connectivity index (χ0v) is 13.4. The van der Waals surface area contributed by atoms with E-state index in [1.165, 1.54) is 30.6 Å².